The SMILES string of the molecule is O=C(NN1CCCCC1=O)[C@@H]1CC[C@@H]2CN1C(=O)N2O.O=C(NN1CCCCC1=O)[C@@H]1CC[C@@H]2CN1C(=O)N2OCc1ccccc1. The lowest BCUT2D eigenvalue weighted by Gasteiger charge is -2.33. The van der Waals surface area contributed by atoms with Crippen LogP contribution in [0.25, 0.3) is 0 Å². The number of rotatable bonds is 7. The van der Waals surface area contributed by atoms with E-state index in [2.05, 4.69) is 10.9 Å². The second kappa shape index (κ2) is 14.1. The number of urea groups is 2. The zero-order valence-corrected chi connectivity index (χ0v) is 26.3. The van der Waals surface area contributed by atoms with Crippen molar-refractivity contribution in [1.82, 2.24) is 40.8 Å². The van der Waals surface area contributed by atoms with Crippen molar-refractivity contribution in [1.29, 1.82) is 0 Å². The molecule has 0 spiro atoms. The van der Waals surface area contributed by atoms with Crippen LogP contribution in [0.2, 0.25) is 0 Å². The summed E-state index contributed by atoms with van der Waals surface area (Å²) in [5, 5.41) is 14.4. The summed E-state index contributed by atoms with van der Waals surface area (Å²) >= 11 is 0. The second-order valence-corrected chi connectivity index (χ2v) is 12.8. The summed E-state index contributed by atoms with van der Waals surface area (Å²) in [4.78, 5) is 81.7. The molecule has 3 N–H and O–H groups in total. The first kappa shape index (κ1) is 32.5. The van der Waals surface area contributed by atoms with Crippen LogP contribution in [0.3, 0.4) is 0 Å². The number of benzene rings is 1. The Labute approximate surface area is 272 Å². The van der Waals surface area contributed by atoms with Gasteiger partial charge in [0, 0.05) is 39.0 Å². The molecule has 6 fully saturated rings. The predicted molar refractivity (Wildman–Crippen MR) is 162 cm³/mol. The molecule has 4 atom stereocenters. The summed E-state index contributed by atoms with van der Waals surface area (Å²) in [5.41, 5.74) is 6.30. The third-order valence-corrected chi connectivity index (χ3v) is 9.62. The van der Waals surface area contributed by atoms with E-state index < -0.39 is 18.1 Å². The number of amides is 8. The molecular formula is C31H42N8O8. The Morgan fingerprint density at radius 2 is 1.26 bits per heavy atom. The normalized spacial score (nSPS) is 27.2. The van der Waals surface area contributed by atoms with Crippen LogP contribution in [0.5, 0.6) is 0 Å². The minimum absolute atomic E-state index is 0.0399. The molecule has 0 aromatic heterocycles. The number of fused-ring (bicyclic) bond motifs is 4. The van der Waals surface area contributed by atoms with Crippen LogP contribution in [-0.2, 0) is 30.6 Å². The van der Waals surface area contributed by atoms with E-state index in [9.17, 15) is 34.0 Å². The number of nitrogens with zero attached hydrogens (tertiary/aromatic N) is 6. The molecule has 8 amide bonds. The topological polar surface area (TPSA) is 175 Å². The van der Waals surface area contributed by atoms with Gasteiger partial charge in [-0.15, -0.1) is 0 Å². The van der Waals surface area contributed by atoms with Gasteiger partial charge in [0.05, 0.1) is 12.1 Å². The molecule has 7 rings (SSSR count). The summed E-state index contributed by atoms with van der Waals surface area (Å²) in [5.74, 6) is -0.789. The highest BCUT2D eigenvalue weighted by atomic mass is 16.7. The molecule has 0 aliphatic carbocycles. The van der Waals surface area contributed by atoms with Gasteiger partial charge in [-0.05, 0) is 56.9 Å². The van der Waals surface area contributed by atoms with Gasteiger partial charge in [0.2, 0.25) is 11.8 Å². The Morgan fingerprint density at radius 3 is 1.83 bits per heavy atom. The first-order valence-corrected chi connectivity index (χ1v) is 16.5. The standard InChI is InChI=1S/C19H24N4O4.C12H18N4O4/c24-17-8-4-5-11-22(17)20-18(25)16-10-9-15-12-21(16)19(26)23(15)27-13-14-6-2-1-3-7-14;17-10-3-1-2-6-15(10)13-11(18)9-5-4-8-7-14(9)12(19)16(8)20/h1-3,6-7,15-16H,4-5,8-13H2,(H,20,25);8-9,20H,1-7H2,(H,13,18)/t15-,16+;8-,9+/m11/s1. The number of hydrogen-bond acceptors (Lipinski definition) is 8. The largest absolute Gasteiger partial charge is 0.345 e. The van der Waals surface area contributed by atoms with Crippen LogP contribution in [0, 0.1) is 0 Å². The van der Waals surface area contributed by atoms with Gasteiger partial charge in [0.25, 0.3) is 11.8 Å². The number of hydrogen-bond donors (Lipinski definition) is 3. The number of carbonyl (C=O) groups is 6. The smallest absolute Gasteiger partial charge is 0.309 e. The van der Waals surface area contributed by atoms with E-state index in [-0.39, 0.29) is 41.7 Å². The van der Waals surface area contributed by atoms with Crippen molar-refractivity contribution in [2.75, 3.05) is 26.2 Å². The van der Waals surface area contributed by atoms with Crippen LogP contribution >= 0.6 is 0 Å². The van der Waals surface area contributed by atoms with E-state index in [1.165, 1.54) is 20.0 Å². The summed E-state index contributed by atoms with van der Waals surface area (Å²) in [6.45, 7) is 2.19. The Morgan fingerprint density at radius 1 is 0.723 bits per heavy atom. The highest BCUT2D eigenvalue weighted by molar-refractivity contribution is 5.91. The Balaban J connectivity index is 0.000000172. The molecule has 0 unspecified atom stereocenters. The van der Waals surface area contributed by atoms with Crippen LogP contribution in [0.1, 0.15) is 69.8 Å². The van der Waals surface area contributed by atoms with E-state index >= 15 is 0 Å². The fourth-order valence-electron chi connectivity index (χ4n) is 6.98. The number of carbonyl (C=O) groups excluding carboxylic acids is 6. The van der Waals surface area contributed by atoms with Crippen LogP contribution in [0.4, 0.5) is 9.59 Å². The van der Waals surface area contributed by atoms with Gasteiger partial charge in [-0.25, -0.2) is 14.7 Å². The molecule has 4 bridgehead atoms. The van der Waals surface area contributed by atoms with Gasteiger partial charge in [-0.2, -0.15) is 5.06 Å². The third kappa shape index (κ3) is 6.98. The maximum atomic E-state index is 12.7. The molecule has 1 aromatic rings. The quantitative estimate of drug-likeness (QED) is 0.367. The lowest BCUT2D eigenvalue weighted by Crippen LogP contribution is -2.56. The van der Waals surface area contributed by atoms with Gasteiger partial charge in [-0.1, -0.05) is 30.3 Å². The van der Waals surface area contributed by atoms with Crippen molar-refractivity contribution in [3.05, 3.63) is 35.9 Å². The fourth-order valence-corrected chi connectivity index (χ4v) is 6.98. The van der Waals surface area contributed by atoms with Crippen LogP contribution in [-0.4, -0.2) is 121 Å². The van der Waals surface area contributed by atoms with Gasteiger partial charge in [0.1, 0.15) is 18.7 Å². The maximum absolute atomic E-state index is 12.7. The van der Waals surface area contributed by atoms with E-state index in [0.29, 0.717) is 76.4 Å². The molecule has 6 aliphatic heterocycles. The molecule has 254 valence electrons. The molecule has 6 saturated heterocycles. The lowest BCUT2D eigenvalue weighted by atomic mass is 10.0. The zero-order chi connectivity index (χ0) is 33.1. The molecule has 16 nitrogen and oxygen atoms in total. The number of hydroxylamine groups is 4. The van der Waals surface area contributed by atoms with Crippen LogP contribution in [0.15, 0.2) is 30.3 Å². The van der Waals surface area contributed by atoms with Crippen molar-refractivity contribution in [3.63, 3.8) is 0 Å². The minimum Gasteiger partial charge on any atom is -0.309 e. The van der Waals surface area contributed by atoms with Crippen molar-refractivity contribution in [2.45, 2.75) is 95.0 Å². The van der Waals surface area contributed by atoms with Gasteiger partial charge < -0.3 is 9.80 Å². The Bertz CT molecular complexity index is 1380. The molecule has 6 heterocycles. The Kier molecular flexibility index (Phi) is 9.77. The lowest BCUT2D eigenvalue weighted by molar-refractivity contribution is -0.145. The number of piperidine rings is 4. The third-order valence-electron chi connectivity index (χ3n) is 9.62. The van der Waals surface area contributed by atoms with Gasteiger partial charge in [-0.3, -0.25) is 50.1 Å². The molecule has 0 radical (unpaired) electrons. The van der Waals surface area contributed by atoms with E-state index in [1.54, 1.807) is 4.90 Å². The molecular weight excluding hydrogens is 612 g/mol. The monoisotopic (exact) mass is 654 g/mol. The molecule has 47 heavy (non-hydrogen) atoms. The first-order valence-electron chi connectivity index (χ1n) is 16.5. The average Bonchev–Trinajstić information content (AvgIpc) is 3.45. The summed E-state index contributed by atoms with van der Waals surface area (Å²) in [6.07, 6.45) is 6.70. The van der Waals surface area contributed by atoms with Crippen molar-refractivity contribution in [3.8, 4) is 0 Å². The average molecular weight is 655 g/mol. The molecule has 1 aromatic carbocycles. The molecule has 0 saturated carbocycles. The van der Waals surface area contributed by atoms with Crippen LogP contribution < -0.4 is 10.9 Å². The summed E-state index contributed by atoms with van der Waals surface area (Å²) < 4.78 is 0. The van der Waals surface area contributed by atoms with E-state index in [0.717, 1.165) is 31.2 Å². The van der Waals surface area contributed by atoms with E-state index in [4.69, 9.17) is 4.84 Å². The molecule has 16 heteroatoms. The van der Waals surface area contributed by atoms with Gasteiger partial charge in [0.15, 0.2) is 0 Å². The van der Waals surface area contributed by atoms with Crippen molar-refractivity contribution >= 4 is 35.7 Å². The second-order valence-electron chi connectivity index (χ2n) is 12.8. The highest BCUT2D eigenvalue weighted by Gasteiger charge is 2.49. The fraction of sp³-hybridized carbons (Fsp3) is 0.613. The minimum atomic E-state index is -0.606. The van der Waals surface area contributed by atoms with Crippen molar-refractivity contribution < 1.29 is 38.8 Å². The van der Waals surface area contributed by atoms with Crippen molar-refractivity contribution in [2.24, 2.45) is 0 Å². The zero-order valence-electron chi connectivity index (χ0n) is 26.3. The predicted octanol–water partition coefficient (Wildman–Crippen LogP) is 1.12. The maximum Gasteiger partial charge on any atom is 0.345 e. The number of hydrazine groups is 2. The summed E-state index contributed by atoms with van der Waals surface area (Å²) in [7, 11) is 0. The first-order chi connectivity index (χ1) is 22.7. The van der Waals surface area contributed by atoms with Gasteiger partial charge >= 0.3 is 12.1 Å². The highest BCUT2D eigenvalue weighted by Crippen LogP contribution is 2.31. The van der Waals surface area contributed by atoms with E-state index in [1.807, 2.05) is 30.3 Å². The summed E-state index contributed by atoms with van der Waals surface area (Å²) in [6, 6.07) is 7.43. The number of nitrogens with one attached hydrogen (secondary N) is 2. The molecule has 6 aliphatic rings. The Hall–Kier alpha value is -4.44.